The van der Waals surface area contributed by atoms with Crippen LogP contribution in [0, 0.1) is 10.1 Å². The summed E-state index contributed by atoms with van der Waals surface area (Å²) in [7, 11) is -3.51. The van der Waals surface area contributed by atoms with Crippen molar-refractivity contribution in [1.82, 2.24) is 4.98 Å². The van der Waals surface area contributed by atoms with E-state index in [0.717, 1.165) is 4.90 Å². The number of nitro groups is 1. The van der Waals surface area contributed by atoms with E-state index in [1.54, 1.807) is 12.1 Å². The molecule has 0 unspecified atom stereocenters. The van der Waals surface area contributed by atoms with E-state index in [1.807, 2.05) is 0 Å². The van der Waals surface area contributed by atoms with E-state index in [4.69, 9.17) is 5.14 Å². The fourth-order valence-corrected chi connectivity index (χ4v) is 3.67. The first-order valence-electron chi connectivity index (χ1n) is 5.53. The Hall–Kier alpha value is -1.71. The molecule has 0 fully saturated rings. The first kappa shape index (κ1) is 14.7. The fourth-order valence-electron chi connectivity index (χ4n) is 1.70. The average Bonchev–Trinajstić information content (AvgIpc) is 2.37. The molecule has 2 N–H and O–H groups in total. The molecule has 0 saturated heterocycles. The van der Waals surface area contributed by atoms with Crippen molar-refractivity contribution in [2.75, 3.05) is 11.5 Å². The number of benzene rings is 1. The number of hydrogen-bond acceptors (Lipinski definition) is 6. The molecule has 0 bridgehead atoms. The summed E-state index contributed by atoms with van der Waals surface area (Å²) in [6.45, 7) is 0. The molecule has 2 aromatic rings. The summed E-state index contributed by atoms with van der Waals surface area (Å²) in [6.07, 6.45) is 3.01. The molecule has 2 rings (SSSR count). The molecule has 0 aliphatic carbocycles. The second-order valence-electron chi connectivity index (χ2n) is 3.98. The lowest BCUT2D eigenvalue weighted by atomic mass is 10.1. The predicted octanol–water partition coefficient (Wildman–Crippen LogP) is 1.52. The number of hydrogen-bond donors (Lipinski definition) is 1. The molecule has 0 radical (unpaired) electrons. The van der Waals surface area contributed by atoms with E-state index in [9.17, 15) is 18.5 Å². The highest BCUT2D eigenvalue weighted by atomic mass is 32.2. The SMILES string of the molecule is NS(=O)(=O)CCSc1ccc([N+](=O)[O-])c2ccncc12. The topological polar surface area (TPSA) is 116 Å². The smallest absolute Gasteiger partial charge is 0.264 e. The number of primary sulfonamides is 1. The van der Waals surface area contributed by atoms with E-state index >= 15 is 0 Å². The van der Waals surface area contributed by atoms with Crippen LogP contribution in [0.5, 0.6) is 0 Å². The standard InChI is InChI=1S/C11H11N3O4S2/c12-20(17,18)6-5-19-11-2-1-10(14(15)16)8-3-4-13-7-9(8)11/h1-4,7H,5-6H2,(H2,12,17,18). The first-order valence-corrected chi connectivity index (χ1v) is 8.23. The van der Waals surface area contributed by atoms with Crippen molar-refractivity contribution in [3.8, 4) is 0 Å². The zero-order valence-electron chi connectivity index (χ0n) is 10.2. The van der Waals surface area contributed by atoms with Crippen molar-refractivity contribution in [2.45, 2.75) is 4.90 Å². The van der Waals surface area contributed by atoms with Crippen LogP contribution in [0.15, 0.2) is 35.5 Å². The molecule has 0 spiro atoms. The second-order valence-corrected chi connectivity index (χ2v) is 6.85. The van der Waals surface area contributed by atoms with Crippen LogP contribution in [0.4, 0.5) is 5.69 Å². The molecule has 1 aromatic heterocycles. The van der Waals surface area contributed by atoms with Gasteiger partial charge in [0, 0.05) is 34.5 Å². The van der Waals surface area contributed by atoms with Crippen LogP contribution in [0.1, 0.15) is 0 Å². The number of nitro benzene ring substituents is 1. The molecular formula is C11H11N3O4S2. The number of pyridine rings is 1. The summed E-state index contributed by atoms with van der Waals surface area (Å²) in [5, 5.41) is 17.0. The molecule has 1 aromatic carbocycles. The molecule has 106 valence electrons. The van der Waals surface area contributed by atoms with Crippen molar-refractivity contribution in [2.24, 2.45) is 5.14 Å². The van der Waals surface area contributed by atoms with Crippen LogP contribution in [0.25, 0.3) is 10.8 Å². The van der Waals surface area contributed by atoms with Crippen LogP contribution < -0.4 is 5.14 Å². The van der Waals surface area contributed by atoms with Crippen molar-refractivity contribution >= 4 is 38.2 Å². The Bertz CT molecular complexity index is 761. The lowest BCUT2D eigenvalue weighted by Crippen LogP contribution is -2.17. The molecule has 1 heterocycles. The Morgan fingerprint density at radius 1 is 1.30 bits per heavy atom. The maximum absolute atomic E-state index is 11.0. The molecule has 20 heavy (non-hydrogen) atoms. The number of fused-ring (bicyclic) bond motifs is 1. The zero-order valence-corrected chi connectivity index (χ0v) is 11.9. The minimum atomic E-state index is -3.51. The van der Waals surface area contributed by atoms with Crippen LogP contribution in [-0.4, -0.2) is 29.8 Å². The Labute approximate surface area is 119 Å². The van der Waals surface area contributed by atoms with Crippen molar-refractivity contribution in [3.05, 3.63) is 40.7 Å². The number of thioether (sulfide) groups is 1. The van der Waals surface area contributed by atoms with Gasteiger partial charge in [0.1, 0.15) is 0 Å². The van der Waals surface area contributed by atoms with E-state index in [1.165, 1.54) is 30.2 Å². The Morgan fingerprint density at radius 2 is 2.05 bits per heavy atom. The van der Waals surface area contributed by atoms with E-state index in [-0.39, 0.29) is 17.2 Å². The third-order valence-corrected chi connectivity index (χ3v) is 4.68. The predicted molar refractivity (Wildman–Crippen MR) is 77.1 cm³/mol. The summed E-state index contributed by atoms with van der Waals surface area (Å²) in [6, 6.07) is 4.56. The molecule has 0 saturated carbocycles. The number of rotatable bonds is 5. The molecule has 0 atom stereocenters. The van der Waals surface area contributed by atoms with Gasteiger partial charge in [0.2, 0.25) is 10.0 Å². The first-order chi connectivity index (χ1) is 9.38. The summed E-state index contributed by atoms with van der Waals surface area (Å²) >= 11 is 1.28. The Balaban J connectivity index is 2.36. The van der Waals surface area contributed by atoms with Gasteiger partial charge in [-0.3, -0.25) is 15.1 Å². The third-order valence-electron chi connectivity index (χ3n) is 2.58. The summed E-state index contributed by atoms with van der Waals surface area (Å²) in [4.78, 5) is 15.2. The Morgan fingerprint density at radius 3 is 2.70 bits per heavy atom. The van der Waals surface area contributed by atoms with Gasteiger partial charge in [0.15, 0.2) is 0 Å². The number of nitrogens with two attached hydrogens (primary N) is 1. The number of nitrogens with zero attached hydrogens (tertiary/aromatic N) is 2. The van der Waals surface area contributed by atoms with Crippen LogP contribution in [0.3, 0.4) is 0 Å². The summed E-state index contributed by atoms with van der Waals surface area (Å²) in [5.41, 5.74) is -0.00167. The van der Waals surface area contributed by atoms with Gasteiger partial charge in [-0.15, -0.1) is 11.8 Å². The summed E-state index contributed by atoms with van der Waals surface area (Å²) in [5.74, 6) is 0.122. The highest BCUT2D eigenvalue weighted by molar-refractivity contribution is 8.00. The largest absolute Gasteiger partial charge is 0.277 e. The van der Waals surface area contributed by atoms with Crippen molar-refractivity contribution in [1.29, 1.82) is 0 Å². The maximum Gasteiger partial charge on any atom is 0.277 e. The van der Waals surface area contributed by atoms with Crippen LogP contribution in [-0.2, 0) is 10.0 Å². The van der Waals surface area contributed by atoms with Gasteiger partial charge < -0.3 is 0 Å². The monoisotopic (exact) mass is 313 g/mol. The number of sulfonamides is 1. The van der Waals surface area contributed by atoms with Gasteiger partial charge in [0.25, 0.3) is 5.69 Å². The lowest BCUT2D eigenvalue weighted by molar-refractivity contribution is -0.383. The highest BCUT2D eigenvalue weighted by Crippen LogP contribution is 2.33. The van der Waals surface area contributed by atoms with E-state index in [2.05, 4.69) is 4.98 Å². The minimum Gasteiger partial charge on any atom is -0.264 e. The average molecular weight is 313 g/mol. The lowest BCUT2D eigenvalue weighted by Gasteiger charge is -2.06. The van der Waals surface area contributed by atoms with Gasteiger partial charge in [-0.25, -0.2) is 13.6 Å². The van der Waals surface area contributed by atoms with Crippen LogP contribution in [0.2, 0.25) is 0 Å². The number of non-ortho nitro benzene ring substituents is 1. The zero-order chi connectivity index (χ0) is 14.8. The van der Waals surface area contributed by atoms with Gasteiger partial charge in [-0.05, 0) is 12.1 Å². The maximum atomic E-state index is 11.0. The molecule has 0 aliphatic heterocycles. The second kappa shape index (κ2) is 5.73. The molecule has 0 aliphatic rings. The van der Waals surface area contributed by atoms with Gasteiger partial charge >= 0.3 is 0 Å². The highest BCUT2D eigenvalue weighted by Gasteiger charge is 2.14. The van der Waals surface area contributed by atoms with E-state index < -0.39 is 14.9 Å². The number of aromatic nitrogens is 1. The quantitative estimate of drug-likeness (QED) is 0.508. The minimum absolute atomic E-state index is 0.00167. The molecule has 9 heteroatoms. The molecular weight excluding hydrogens is 302 g/mol. The van der Waals surface area contributed by atoms with Crippen molar-refractivity contribution in [3.63, 3.8) is 0 Å². The van der Waals surface area contributed by atoms with Gasteiger partial charge in [-0.2, -0.15) is 0 Å². The third kappa shape index (κ3) is 3.44. The van der Waals surface area contributed by atoms with Crippen molar-refractivity contribution < 1.29 is 13.3 Å². The van der Waals surface area contributed by atoms with Crippen LogP contribution >= 0.6 is 11.8 Å². The van der Waals surface area contributed by atoms with Gasteiger partial charge in [-0.1, -0.05) is 0 Å². The molecule has 7 nitrogen and oxygen atoms in total. The fraction of sp³-hybridized carbons (Fsp3) is 0.182. The normalized spacial score (nSPS) is 11.7. The van der Waals surface area contributed by atoms with E-state index in [0.29, 0.717) is 10.8 Å². The summed E-state index contributed by atoms with van der Waals surface area (Å²) < 4.78 is 21.8. The Kier molecular flexibility index (Phi) is 4.21. The van der Waals surface area contributed by atoms with Gasteiger partial charge in [0.05, 0.1) is 16.1 Å². The molecule has 0 amide bonds.